The second-order valence-electron chi connectivity index (χ2n) is 6.62. The van der Waals surface area contributed by atoms with Crippen molar-refractivity contribution in [2.75, 3.05) is 13.2 Å². The van der Waals surface area contributed by atoms with Crippen LogP contribution in [0.15, 0.2) is 18.2 Å². The molecule has 0 unspecified atom stereocenters. The van der Waals surface area contributed by atoms with Gasteiger partial charge in [-0.2, -0.15) is 10.2 Å². The molecule has 9 heteroatoms. The number of hydrogen-bond donors (Lipinski definition) is 2. The number of ether oxygens (including phenoxy) is 2. The van der Waals surface area contributed by atoms with Crippen LogP contribution >= 0.6 is 11.6 Å². The molecule has 0 spiro atoms. The molecule has 0 atom stereocenters. The van der Waals surface area contributed by atoms with Crippen molar-refractivity contribution < 1.29 is 14.3 Å². The normalized spacial score (nSPS) is 12.9. The molecular weight excluding hydrogens is 382 g/mol. The minimum absolute atomic E-state index is 0.260. The van der Waals surface area contributed by atoms with Gasteiger partial charge in [-0.15, -0.1) is 0 Å². The molecule has 0 bridgehead atoms. The van der Waals surface area contributed by atoms with Gasteiger partial charge in [-0.3, -0.25) is 14.6 Å². The first-order valence-corrected chi connectivity index (χ1v) is 9.24. The fraction of sp³-hybridized carbons (Fsp3) is 0.316. The third-order valence-corrected chi connectivity index (χ3v) is 4.98. The van der Waals surface area contributed by atoms with Crippen LogP contribution < -0.4 is 14.8 Å². The number of H-pyrrole nitrogens is 1. The van der Waals surface area contributed by atoms with E-state index >= 15 is 0 Å². The maximum Gasteiger partial charge on any atom is 0.269 e. The number of halogens is 1. The van der Waals surface area contributed by atoms with Crippen LogP contribution in [0.25, 0.3) is 11.3 Å². The summed E-state index contributed by atoms with van der Waals surface area (Å²) in [6, 6.07) is 5.31. The molecule has 3 aromatic rings. The lowest BCUT2D eigenvalue weighted by Gasteiger charge is -2.20. The number of rotatable bonds is 4. The van der Waals surface area contributed by atoms with E-state index in [1.165, 1.54) is 0 Å². The van der Waals surface area contributed by atoms with Crippen LogP contribution in [0.3, 0.4) is 0 Å². The van der Waals surface area contributed by atoms with Crippen LogP contribution in [0.4, 0.5) is 0 Å². The van der Waals surface area contributed by atoms with Crippen molar-refractivity contribution >= 4 is 17.5 Å². The lowest BCUT2D eigenvalue weighted by atomic mass is 10.1. The van der Waals surface area contributed by atoms with Gasteiger partial charge in [0.1, 0.15) is 18.9 Å². The van der Waals surface area contributed by atoms with E-state index in [2.05, 4.69) is 20.6 Å². The molecule has 8 nitrogen and oxygen atoms in total. The number of hydrogen-bond acceptors (Lipinski definition) is 5. The van der Waals surface area contributed by atoms with E-state index in [-0.39, 0.29) is 5.91 Å². The maximum atomic E-state index is 12.5. The average molecular weight is 402 g/mol. The van der Waals surface area contributed by atoms with Gasteiger partial charge in [0.15, 0.2) is 11.5 Å². The van der Waals surface area contributed by atoms with Gasteiger partial charge in [-0.1, -0.05) is 11.6 Å². The van der Waals surface area contributed by atoms with E-state index in [0.717, 1.165) is 22.5 Å². The monoisotopic (exact) mass is 401 g/mol. The molecule has 28 heavy (non-hydrogen) atoms. The zero-order valence-electron chi connectivity index (χ0n) is 15.8. The van der Waals surface area contributed by atoms with Gasteiger partial charge in [-0.25, -0.2) is 0 Å². The van der Waals surface area contributed by atoms with Gasteiger partial charge in [0.2, 0.25) is 0 Å². The number of benzene rings is 1. The number of carbonyl (C=O) groups is 1. The summed E-state index contributed by atoms with van der Waals surface area (Å²) in [6.07, 6.45) is 0. The predicted molar refractivity (Wildman–Crippen MR) is 104 cm³/mol. The number of amides is 1. The first-order valence-electron chi connectivity index (χ1n) is 8.86. The smallest absolute Gasteiger partial charge is 0.269 e. The van der Waals surface area contributed by atoms with Gasteiger partial charge >= 0.3 is 0 Å². The molecule has 0 saturated carbocycles. The molecule has 146 valence electrons. The van der Waals surface area contributed by atoms with Gasteiger partial charge in [0, 0.05) is 24.8 Å². The topological polar surface area (TPSA) is 94.1 Å². The van der Waals surface area contributed by atoms with E-state index in [4.69, 9.17) is 21.1 Å². The van der Waals surface area contributed by atoms with Crippen molar-refractivity contribution in [1.82, 2.24) is 25.3 Å². The molecule has 1 aromatic carbocycles. The summed E-state index contributed by atoms with van der Waals surface area (Å²) < 4.78 is 12.9. The second kappa shape index (κ2) is 7.20. The molecule has 3 heterocycles. The highest BCUT2D eigenvalue weighted by Gasteiger charge is 2.19. The molecule has 2 N–H and O–H groups in total. The van der Waals surface area contributed by atoms with Crippen molar-refractivity contribution in [2.45, 2.75) is 20.4 Å². The third kappa shape index (κ3) is 3.31. The fourth-order valence-electron chi connectivity index (χ4n) is 3.25. The molecule has 0 saturated heterocycles. The van der Waals surface area contributed by atoms with E-state index in [1.54, 1.807) is 16.8 Å². The molecule has 1 aliphatic rings. The van der Waals surface area contributed by atoms with Crippen LogP contribution in [-0.4, -0.2) is 39.1 Å². The summed E-state index contributed by atoms with van der Waals surface area (Å²) in [5.74, 6) is 0.877. The van der Waals surface area contributed by atoms with Crippen molar-refractivity contribution in [3.8, 4) is 22.8 Å². The number of fused-ring (bicyclic) bond motifs is 1. The Morgan fingerprint density at radius 2 is 2.07 bits per heavy atom. The van der Waals surface area contributed by atoms with Gasteiger partial charge in [0.05, 0.1) is 16.4 Å². The Morgan fingerprint density at radius 3 is 2.82 bits per heavy atom. The number of aromatic amines is 1. The minimum Gasteiger partial charge on any atom is -0.486 e. The molecule has 2 aromatic heterocycles. The zero-order chi connectivity index (χ0) is 19.8. The van der Waals surface area contributed by atoms with Gasteiger partial charge < -0.3 is 14.8 Å². The second-order valence-corrected chi connectivity index (χ2v) is 7.03. The molecule has 4 rings (SSSR count). The maximum absolute atomic E-state index is 12.5. The highest BCUT2D eigenvalue weighted by atomic mass is 35.5. The van der Waals surface area contributed by atoms with Crippen LogP contribution in [0, 0.1) is 13.8 Å². The molecule has 0 radical (unpaired) electrons. The number of carbonyl (C=O) groups excluding carboxylic acids is 1. The number of nitrogens with zero attached hydrogens (tertiary/aromatic N) is 3. The summed E-state index contributed by atoms with van der Waals surface area (Å²) in [5, 5.41) is 14.8. The summed E-state index contributed by atoms with van der Waals surface area (Å²) in [6.45, 7) is 5.14. The quantitative estimate of drug-likeness (QED) is 0.701. The first kappa shape index (κ1) is 18.4. The third-order valence-electron chi connectivity index (χ3n) is 4.70. The highest BCUT2D eigenvalue weighted by molar-refractivity contribution is 6.32. The van der Waals surface area contributed by atoms with Crippen molar-refractivity contribution in [3.63, 3.8) is 0 Å². The van der Waals surface area contributed by atoms with Crippen molar-refractivity contribution in [2.24, 2.45) is 7.05 Å². The average Bonchev–Trinajstić information content (AvgIpc) is 3.24. The predicted octanol–water partition coefficient (Wildman–Crippen LogP) is 2.78. The lowest BCUT2D eigenvalue weighted by Crippen LogP contribution is -2.23. The molecule has 1 aliphatic heterocycles. The van der Waals surface area contributed by atoms with Crippen LogP contribution in [0.1, 0.15) is 27.4 Å². The summed E-state index contributed by atoms with van der Waals surface area (Å²) in [7, 11) is 1.88. The zero-order valence-corrected chi connectivity index (χ0v) is 16.6. The molecule has 0 aliphatic carbocycles. The summed E-state index contributed by atoms with van der Waals surface area (Å²) in [4.78, 5) is 12.5. The van der Waals surface area contributed by atoms with Crippen molar-refractivity contribution in [1.29, 1.82) is 0 Å². The molecular formula is C19H20ClN5O3. The lowest BCUT2D eigenvalue weighted by molar-refractivity contribution is 0.0945. The van der Waals surface area contributed by atoms with E-state index in [9.17, 15) is 4.79 Å². The largest absolute Gasteiger partial charge is 0.486 e. The number of nitrogens with one attached hydrogen (secondary N) is 2. The van der Waals surface area contributed by atoms with Gasteiger partial charge in [-0.05, 0) is 37.6 Å². The Morgan fingerprint density at radius 1 is 1.29 bits per heavy atom. The Hall–Kier alpha value is -3.00. The van der Waals surface area contributed by atoms with Gasteiger partial charge in [0.25, 0.3) is 5.91 Å². The summed E-state index contributed by atoms with van der Waals surface area (Å²) in [5.41, 5.74) is 4.67. The highest BCUT2D eigenvalue weighted by Crippen LogP contribution is 2.38. The van der Waals surface area contributed by atoms with Crippen molar-refractivity contribution in [3.05, 3.63) is 45.9 Å². The fourth-order valence-corrected chi connectivity index (χ4v) is 3.54. The van der Waals surface area contributed by atoms with E-state index in [1.807, 2.05) is 27.0 Å². The van der Waals surface area contributed by atoms with E-state index in [0.29, 0.717) is 47.7 Å². The Labute approximate surface area is 166 Å². The summed E-state index contributed by atoms with van der Waals surface area (Å²) >= 11 is 6.24. The molecule has 1 amide bonds. The van der Waals surface area contributed by atoms with Crippen LogP contribution in [-0.2, 0) is 13.6 Å². The molecule has 0 fully saturated rings. The number of aryl methyl sites for hydroxylation is 2. The standard InChI is InChI=1S/C19H20ClN5O3/c1-10-17(11(2)25(3)24-10)14-8-15(23-22-14)19(26)21-9-12-6-13(20)18-16(7-12)27-4-5-28-18/h6-8H,4-5,9H2,1-3H3,(H,21,26)(H,22,23). The number of aromatic nitrogens is 4. The van der Waals surface area contributed by atoms with Crippen LogP contribution in [0.5, 0.6) is 11.5 Å². The SMILES string of the molecule is Cc1nn(C)c(C)c1-c1cc(C(=O)NCc2cc(Cl)c3c(c2)OCCO3)[nH]n1. The Bertz CT molecular complexity index is 1060. The Balaban J connectivity index is 1.48. The first-order chi connectivity index (χ1) is 13.4. The van der Waals surface area contributed by atoms with Crippen LogP contribution in [0.2, 0.25) is 5.02 Å². The minimum atomic E-state index is -0.260. The Kier molecular flexibility index (Phi) is 4.72. The van der Waals surface area contributed by atoms with E-state index < -0.39 is 0 Å².